The standard InChI is InChI=1S/C26H26F2/c1-2-3-4-18-5-7-19(8-6-18)20-9-10-22-16-23(12-11-21(22)15-20)24-13-14-25(27)26(28)17-24/h5-8,11-14,16-17,20H,2-4,9-10,15H2,1H3. The quantitative estimate of drug-likeness (QED) is 0.440. The Bertz CT molecular complexity index is 957. The van der Waals surface area contributed by atoms with Crippen LogP contribution in [0.3, 0.4) is 0 Å². The molecular weight excluding hydrogens is 350 g/mol. The first kappa shape index (κ1) is 18.9. The monoisotopic (exact) mass is 376 g/mol. The van der Waals surface area contributed by atoms with E-state index in [4.69, 9.17) is 0 Å². The highest BCUT2D eigenvalue weighted by atomic mass is 19.2. The Labute approximate surface area is 166 Å². The molecule has 0 heterocycles. The third-order valence-electron chi connectivity index (χ3n) is 5.96. The van der Waals surface area contributed by atoms with Gasteiger partial charge in [-0.1, -0.05) is 61.9 Å². The topological polar surface area (TPSA) is 0 Å². The van der Waals surface area contributed by atoms with Crippen molar-refractivity contribution in [3.8, 4) is 11.1 Å². The Balaban J connectivity index is 1.50. The average molecular weight is 376 g/mol. The van der Waals surface area contributed by atoms with Crippen molar-refractivity contribution in [1.82, 2.24) is 0 Å². The van der Waals surface area contributed by atoms with Crippen LogP contribution in [0.5, 0.6) is 0 Å². The Hall–Kier alpha value is -2.48. The molecule has 3 aromatic rings. The van der Waals surface area contributed by atoms with Crippen LogP contribution < -0.4 is 0 Å². The van der Waals surface area contributed by atoms with Gasteiger partial charge in [0.05, 0.1) is 0 Å². The molecule has 0 aliphatic heterocycles. The summed E-state index contributed by atoms with van der Waals surface area (Å²) < 4.78 is 26.8. The summed E-state index contributed by atoms with van der Waals surface area (Å²) in [5.41, 5.74) is 7.24. The highest BCUT2D eigenvalue weighted by Crippen LogP contribution is 2.35. The number of benzene rings is 3. The van der Waals surface area contributed by atoms with Crippen LogP contribution in [0.4, 0.5) is 8.78 Å². The molecule has 0 aromatic heterocycles. The van der Waals surface area contributed by atoms with Crippen LogP contribution in [-0.2, 0) is 19.3 Å². The molecule has 1 unspecified atom stereocenters. The normalized spacial score (nSPS) is 16.0. The van der Waals surface area contributed by atoms with E-state index in [1.807, 2.05) is 6.07 Å². The van der Waals surface area contributed by atoms with Crippen molar-refractivity contribution >= 4 is 0 Å². The van der Waals surface area contributed by atoms with Gasteiger partial charge in [0, 0.05) is 0 Å². The number of rotatable bonds is 5. The number of halogens is 2. The van der Waals surface area contributed by atoms with E-state index in [9.17, 15) is 8.78 Å². The lowest BCUT2D eigenvalue weighted by molar-refractivity contribution is 0.509. The summed E-state index contributed by atoms with van der Waals surface area (Å²) in [6.45, 7) is 2.23. The van der Waals surface area contributed by atoms with Gasteiger partial charge in [0.25, 0.3) is 0 Å². The SMILES string of the molecule is CCCCc1ccc(C2CCc3cc(-c4ccc(F)c(F)c4)ccc3C2)cc1. The van der Waals surface area contributed by atoms with Gasteiger partial charge in [-0.15, -0.1) is 0 Å². The first-order valence-electron chi connectivity index (χ1n) is 10.3. The number of unbranched alkanes of at least 4 members (excludes halogenated alkanes) is 1. The third kappa shape index (κ3) is 4.01. The van der Waals surface area contributed by atoms with Crippen molar-refractivity contribution in [2.24, 2.45) is 0 Å². The largest absolute Gasteiger partial charge is 0.204 e. The minimum Gasteiger partial charge on any atom is -0.204 e. The summed E-state index contributed by atoms with van der Waals surface area (Å²) in [7, 11) is 0. The molecule has 2 heteroatoms. The van der Waals surface area contributed by atoms with Gasteiger partial charge in [0.1, 0.15) is 0 Å². The van der Waals surface area contributed by atoms with Gasteiger partial charge >= 0.3 is 0 Å². The summed E-state index contributed by atoms with van der Waals surface area (Å²) in [4.78, 5) is 0. The molecule has 0 spiro atoms. The van der Waals surface area contributed by atoms with Crippen molar-refractivity contribution in [2.75, 3.05) is 0 Å². The van der Waals surface area contributed by atoms with Gasteiger partial charge in [-0.2, -0.15) is 0 Å². The van der Waals surface area contributed by atoms with E-state index < -0.39 is 11.6 Å². The molecule has 0 nitrogen and oxygen atoms in total. The summed E-state index contributed by atoms with van der Waals surface area (Å²) in [5.74, 6) is -1.04. The zero-order chi connectivity index (χ0) is 19.5. The van der Waals surface area contributed by atoms with E-state index in [1.54, 1.807) is 6.07 Å². The van der Waals surface area contributed by atoms with Crippen molar-refractivity contribution in [1.29, 1.82) is 0 Å². The van der Waals surface area contributed by atoms with Gasteiger partial charge < -0.3 is 0 Å². The molecule has 144 valence electrons. The molecule has 0 saturated carbocycles. The fraction of sp³-hybridized carbons (Fsp3) is 0.308. The average Bonchev–Trinajstić information content (AvgIpc) is 2.74. The molecule has 28 heavy (non-hydrogen) atoms. The van der Waals surface area contributed by atoms with E-state index >= 15 is 0 Å². The molecule has 1 aliphatic carbocycles. The molecular formula is C26H26F2. The van der Waals surface area contributed by atoms with Crippen LogP contribution in [-0.4, -0.2) is 0 Å². The van der Waals surface area contributed by atoms with Crippen molar-refractivity contribution in [3.63, 3.8) is 0 Å². The molecule has 0 saturated heterocycles. The number of hydrogen-bond acceptors (Lipinski definition) is 0. The van der Waals surface area contributed by atoms with Gasteiger partial charge in [-0.05, 0) is 83.5 Å². The van der Waals surface area contributed by atoms with E-state index in [-0.39, 0.29) is 0 Å². The van der Waals surface area contributed by atoms with Crippen LogP contribution in [0.25, 0.3) is 11.1 Å². The predicted octanol–water partition coefficient (Wildman–Crippen LogP) is 7.25. The Kier molecular flexibility index (Phi) is 5.57. The Morgan fingerprint density at radius 1 is 0.821 bits per heavy atom. The zero-order valence-corrected chi connectivity index (χ0v) is 16.3. The highest BCUT2D eigenvalue weighted by molar-refractivity contribution is 5.65. The lowest BCUT2D eigenvalue weighted by Gasteiger charge is -2.26. The van der Waals surface area contributed by atoms with E-state index in [1.165, 1.54) is 47.2 Å². The third-order valence-corrected chi connectivity index (χ3v) is 5.96. The first-order valence-corrected chi connectivity index (χ1v) is 10.3. The van der Waals surface area contributed by atoms with E-state index in [0.717, 1.165) is 36.8 Å². The fourth-order valence-corrected chi connectivity index (χ4v) is 4.23. The molecule has 0 amide bonds. The molecule has 4 rings (SSSR count). The lowest BCUT2D eigenvalue weighted by Crippen LogP contribution is -2.13. The van der Waals surface area contributed by atoms with E-state index in [0.29, 0.717) is 5.92 Å². The van der Waals surface area contributed by atoms with Gasteiger partial charge in [-0.25, -0.2) is 8.78 Å². The van der Waals surface area contributed by atoms with Crippen molar-refractivity contribution in [3.05, 3.63) is 94.6 Å². The second kappa shape index (κ2) is 8.26. The van der Waals surface area contributed by atoms with Gasteiger partial charge in [0.15, 0.2) is 11.6 Å². The molecule has 0 fully saturated rings. The highest BCUT2D eigenvalue weighted by Gasteiger charge is 2.20. The summed E-state index contributed by atoms with van der Waals surface area (Å²) in [6.07, 6.45) is 6.83. The molecule has 1 atom stereocenters. The van der Waals surface area contributed by atoms with Gasteiger partial charge in [0.2, 0.25) is 0 Å². The van der Waals surface area contributed by atoms with Crippen LogP contribution >= 0.6 is 0 Å². The zero-order valence-electron chi connectivity index (χ0n) is 16.3. The first-order chi connectivity index (χ1) is 13.6. The number of aryl methyl sites for hydroxylation is 2. The van der Waals surface area contributed by atoms with Crippen LogP contribution in [0.1, 0.15) is 54.4 Å². The smallest absolute Gasteiger partial charge is 0.159 e. The lowest BCUT2D eigenvalue weighted by atomic mass is 9.79. The summed E-state index contributed by atoms with van der Waals surface area (Å²) >= 11 is 0. The Morgan fingerprint density at radius 2 is 1.57 bits per heavy atom. The van der Waals surface area contributed by atoms with Crippen LogP contribution in [0, 0.1) is 11.6 Å². The predicted molar refractivity (Wildman–Crippen MR) is 112 cm³/mol. The maximum atomic E-state index is 13.6. The molecule has 0 N–H and O–H groups in total. The minimum atomic E-state index is -0.801. The van der Waals surface area contributed by atoms with Crippen molar-refractivity contribution in [2.45, 2.75) is 51.4 Å². The van der Waals surface area contributed by atoms with Crippen molar-refractivity contribution < 1.29 is 8.78 Å². The Morgan fingerprint density at radius 3 is 2.32 bits per heavy atom. The molecule has 1 aliphatic rings. The van der Waals surface area contributed by atoms with Crippen LogP contribution in [0.2, 0.25) is 0 Å². The van der Waals surface area contributed by atoms with E-state index in [2.05, 4.69) is 43.3 Å². The minimum absolute atomic E-state index is 0.557. The maximum Gasteiger partial charge on any atom is 0.159 e. The number of fused-ring (bicyclic) bond motifs is 1. The molecule has 0 radical (unpaired) electrons. The molecule has 3 aromatic carbocycles. The number of hydrogen-bond donors (Lipinski definition) is 0. The maximum absolute atomic E-state index is 13.6. The second-order valence-corrected chi connectivity index (χ2v) is 7.90. The van der Waals surface area contributed by atoms with Gasteiger partial charge in [-0.3, -0.25) is 0 Å². The van der Waals surface area contributed by atoms with Crippen LogP contribution in [0.15, 0.2) is 60.7 Å². The summed E-state index contributed by atoms with van der Waals surface area (Å²) in [6, 6.07) is 19.6. The second-order valence-electron chi connectivity index (χ2n) is 7.90. The molecule has 0 bridgehead atoms. The summed E-state index contributed by atoms with van der Waals surface area (Å²) in [5, 5.41) is 0. The fourth-order valence-electron chi connectivity index (χ4n) is 4.23.